The number of hydrogen-bond donors (Lipinski definition) is 0. The predicted molar refractivity (Wildman–Crippen MR) is 72.1 cm³/mol. The van der Waals surface area contributed by atoms with Crippen molar-refractivity contribution in [3.8, 4) is 0 Å². The maximum Gasteiger partial charge on any atom is 0.553 e. The van der Waals surface area contributed by atoms with Crippen LogP contribution in [0.1, 0.15) is 64.2 Å². The highest BCUT2D eigenvalue weighted by atomic mass is 17.5. The molecule has 0 heterocycles. The zero-order chi connectivity index (χ0) is 16.3. The van der Waals surface area contributed by atoms with E-state index in [-0.39, 0.29) is 12.2 Å². The monoisotopic (exact) mass is 334 g/mol. The summed E-state index contributed by atoms with van der Waals surface area (Å²) in [6.45, 7) is 0. The maximum absolute atomic E-state index is 11.1. The van der Waals surface area contributed by atoms with Gasteiger partial charge >= 0.3 is 12.3 Å². The predicted octanol–water partition coefficient (Wildman–Crippen LogP) is 3.67. The summed E-state index contributed by atoms with van der Waals surface area (Å²) in [5.41, 5.74) is 0. The molecule has 2 fully saturated rings. The molecule has 2 rings (SSSR count). The molecule has 9 nitrogen and oxygen atoms in total. The molecule has 0 aromatic rings. The summed E-state index contributed by atoms with van der Waals surface area (Å²) in [7, 11) is 0. The Morgan fingerprint density at radius 3 is 1.39 bits per heavy atom. The highest BCUT2D eigenvalue weighted by Crippen LogP contribution is 2.21. The van der Waals surface area contributed by atoms with Gasteiger partial charge in [0, 0.05) is 0 Å². The van der Waals surface area contributed by atoms with Gasteiger partial charge in [-0.1, -0.05) is 38.5 Å². The standard InChI is InChI=1S/C14H22O9/c15-13(20-22-18-11-7-3-1-4-8-11)17-14(16)21-23-19-12-9-5-2-6-10-12/h11-12H,1-10H2. The first-order chi connectivity index (χ1) is 11.2. The maximum atomic E-state index is 11.1. The van der Waals surface area contributed by atoms with E-state index in [1.807, 2.05) is 0 Å². The third-order valence-electron chi connectivity index (χ3n) is 3.83. The lowest BCUT2D eigenvalue weighted by molar-refractivity contribution is -0.509. The van der Waals surface area contributed by atoms with Gasteiger partial charge in [0.15, 0.2) is 0 Å². The van der Waals surface area contributed by atoms with E-state index in [1.54, 1.807) is 0 Å². The molecule has 0 amide bonds. The van der Waals surface area contributed by atoms with Crippen molar-refractivity contribution in [2.75, 3.05) is 0 Å². The second kappa shape index (κ2) is 10.4. The van der Waals surface area contributed by atoms with E-state index < -0.39 is 12.3 Å². The van der Waals surface area contributed by atoms with Crippen molar-refractivity contribution in [3.05, 3.63) is 0 Å². The summed E-state index contributed by atoms with van der Waals surface area (Å²) in [6, 6.07) is 0. The third-order valence-corrected chi connectivity index (χ3v) is 3.83. The normalized spacial score (nSPS) is 20.0. The van der Waals surface area contributed by atoms with Gasteiger partial charge in [0.1, 0.15) is 0 Å². The van der Waals surface area contributed by atoms with Crippen LogP contribution < -0.4 is 0 Å². The Kier molecular flexibility index (Phi) is 8.08. The number of rotatable bonds is 6. The molecule has 0 spiro atoms. The lowest BCUT2D eigenvalue weighted by Crippen LogP contribution is -2.21. The van der Waals surface area contributed by atoms with Crippen LogP contribution in [0.2, 0.25) is 0 Å². The van der Waals surface area contributed by atoms with Gasteiger partial charge in [-0.15, -0.1) is 0 Å². The fourth-order valence-corrected chi connectivity index (χ4v) is 2.63. The Morgan fingerprint density at radius 2 is 1.00 bits per heavy atom. The van der Waals surface area contributed by atoms with E-state index in [2.05, 4.69) is 24.6 Å². The topological polar surface area (TPSA) is 98.8 Å². The first-order valence-corrected chi connectivity index (χ1v) is 8.00. The molecule has 2 aliphatic rings. The summed E-state index contributed by atoms with van der Waals surface area (Å²) >= 11 is 0. The minimum Gasteiger partial charge on any atom is -0.323 e. The van der Waals surface area contributed by atoms with E-state index in [1.165, 1.54) is 0 Å². The Hall–Kier alpha value is -1.42. The second-order valence-electron chi connectivity index (χ2n) is 5.62. The summed E-state index contributed by atoms with van der Waals surface area (Å²) < 4.78 is 4.10. The van der Waals surface area contributed by atoms with Gasteiger partial charge in [-0.25, -0.2) is 9.78 Å². The summed E-state index contributed by atoms with van der Waals surface area (Å²) in [5.74, 6) is 0. The van der Waals surface area contributed by atoms with Crippen molar-refractivity contribution < 1.29 is 44.0 Å². The van der Waals surface area contributed by atoms with E-state index >= 15 is 0 Å². The van der Waals surface area contributed by atoms with Crippen molar-refractivity contribution >= 4 is 12.3 Å². The van der Waals surface area contributed by atoms with E-state index in [9.17, 15) is 9.59 Å². The minimum atomic E-state index is -1.42. The summed E-state index contributed by atoms with van der Waals surface area (Å²) in [6.07, 6.45) is 6.62. The summed E-state index contributed by atoms with van der Waals surface area (Å²) in [5, 5.41) is 8.56. The largest absolute Gasteiger partial charge is 0.553 e. The van der Waals surface area contributed by atoms with Gasteiger partial charge in [0.05, 0.1) is 12.2 Å². The fourth-order valence-electron chi connectivity index (χ4n) is 2.63. The van der Waals surface area contributed by atoms with Crippen molar-refractivity contribution in [1.82, 2.24) is 0 Å². The molecule has 0 aliphatic heterocycles. The Morgan fingerprint density at radius 1 is 0.609 bits per heavy atom. The van der Waals surface area contributed by atoms with Crippen molar-refractivity contribution in [1.29, 1.82) is 0 Å². The molecule has 23 heavy (non-hydrogen) atoms. The molecular formula is C14H22O9. The molecule has 0 unspecified atom stereocenters. The Bertz CT molecular complexity index is 327. The Labute approximate surface area is 133 Å². The van der Waals surface area contributed by atoms with Crippen LogP contribution in [0.4, 0.5) is 9.59 Å². The van der Waals surface area contributed by atoms with Crippen LogP contribution in [0.5, 0.6) is 0 Å². The number of hydrogen-bond acceptors (Lipinski definition) is 9. The molecule has 0 atom stereocenters. The molecule has 0 saturated heterocycles. The number of carbonyl (C=O) groups excluding carboxylic acids is 2. The molecule has 0 aromatic heterocycles. The molecule has 0 radical (unpaired) electrons. The molecule has 0 aromatic carbocycles. The third kappa shape index (κ3) is 7.60. The van der Waals surface area contributed by atoms with Crippen LogP contribution in [0.25, 0.3) is 0 Å². The van der Waals surface area contributed by atoms with Crippen LogP contribution in [0.3, 0.4) is 0 Å². The van der Waals surface area contributed by atoms with E-state index in [0.717, 1.165) is 64.2 Å². The van der Waals surface area contributed by atoms with Crippen LogP contribution in [-0.4, -0.2) is 24.5 Å². The smallest absolute Gasteiger partial charge is 0.323 e. The van der Waals surface area contributed by atoms with E-state index in [4.69, 9.17) is 9.78 Å². The highest BCUT2D eigenvalue weighted by Gasteiger charge is 2.21. The van der Waals surface area contributed by atoms with Crippen LogP contribution >= 0.6 is 0 Å². The SMILES string of the molecule is O=C(OOOC1CCCCC1)OC(=O)OOOC1CCCCC1. The minimum absolute atomic E-state index is 0.129. The zero-order valence-electron chi connectivity index (χ0n) is 12.9. The second-order valence-corrected chi connectivity index (χ2v) is 5.62. The molecule has 0 bridgehead atoms. The van der Waals surface area contributed by atoms with Gasteiger partial charge in [-0.3, -0.25) is 0 Å². The molecule has 2 aliphatic carbocycles. The van der Waals surface area contributed by atoms with Crippen molar-refractivity contribution in [2.45, 2.75) is 76.4 Å². The average molecular weight is 334 g/mol. The van der Waals surface area contributed by atoms with Gasteiger partial charge in [-0.2, -0.15) is 19.4 Å². The molecule has 2 saturated carbocycles. The molecular weight excluding hydrogens is 312 g/mol. The van der Waals surface area contributed by atoms with Crippen molar-refractivity contribution in [3.63, 3.8) is 0 Å². The lowest BCUT2D eigenvalue weighted by Gasteiger charge is -2.19. The van der Waals surface area contributed by atoms with Gasteiger partial charge in [0.2, 0.25) is 0 Å². The fraction of sp³-hybridized carbons (Fsp3) is 0.857. The van der Waals surface area contributed by atoms with Gasteiger partial charge < -0.3 is 4.74 Å². The molecule has 9 heteroatoms. The average Bonchev–Trinajstić information content (AvgIpc) is 2.57. The van der Waals surface area contributed by atoms with E-state index in [0.29, 0.717) is 0 Å². The van der Waals surface area contributed by atoms with Crippen LogP contribution in [-0.2, 0) is 34.4 Å². The first-order valence-electron chi connectivity index (χ1n) is 8.00. The first kappa shape index (κ1) is 17.9. The zero-order valence-corrected chi connectivity index (χ0v) is 12.9. The van der Waals surface area contributed by atoms with Gasteiger partial charge in [-0.05, 0) is 35.8 Å². The number of carbonyl (C=O) groups is 2. The lowest BCUT2D eigenvalue weighted by atomic mass is 9.98. The van der Waals surface area contributed by atoms with Crippen LogP contribution in [0.15, 0.2) is 0 Å². The molecule has 0 N–H and O–H groups in total. The molecule has 132 valence electrons. The quantitative estimate of drug-likeness (QED) is 0.312. The summed E-state index contributed by atoms with van der Waals surface area (Å²) in [4.78, 5) is 40.2. The Balaban J connectivity index is 1.47. The highest BCUT2D eigenvalue weighted by molar-refractivity contribution is 5.76. The van der Waals surface area contributed by atoms with Crippen molar-refractivity contribution in [2.24, 2.45) is 0 Å². The number of ether oxygens (including phenoxy) is 1. The van der Waals surface area contributed by atoms with Crippen LogP contribution in [0, 0.1) is 0 Å². The van der Waals surface area contributed by atoms with Gasteiger partial charge in [0.25, 0.3) is 0 Å².